The second-order valence-corrected chi connectivity index (χ2v) is 9.88. The van der Waals surface area contributed by atoms with E-state index in [1.165, 1.54) is 7.11 Å². The maximum atomic E-state index is 13.0. The maximum Gasteiger partial charge on any atom is 0.328 e. The first-order valence-electron chi connectivity index (χ1n) is 12.2. The summed E-state index contributed by atoms with van der Waals surface area (Å²) in [4.78, 5) is 46.9. The monoisotopic (exact) mass is 517 g/mol. The number of methoxy groups -OCH3 is 1. The van der Waals surface area contributed by atoms with Gasteiger partial charge in [-0.25, -0.2) is 9.78 Å². The molecule has 1 aromatic carbocycles. The number of aromatic amines is 1. The van der Waals surface area contributed by atoms with Gasteiger partial charge in [-0.3, -0.25) is 14.5 Å². The molecule has 0 unspecified atom stereocenters. The van der Waals surface area contributed by atoms with Gasteiger partial charge in [0.05, 0.1) is 26.4 Å². The highest BCUT2D eigenvalue weighted by Crippen LogP contribution is 2.13. The lowest BCUT2D eigenvalue weighted by Crippen LogP contribution is -2.51. The molecule has 36 heavy (non-hydrogen) atoms. The van der Waals surface area contributed by atoms with Gasteiger partial charge in [0.2, 0.25) is 11.8 Å². The van der Waals surface area contributed by atoms with E-state index < -0.39 is 12.0 Å². The Balaban J connectivity index is 2.14. The van der Waals surface area contributed by atoms with E-state index in [0.717, 1.165) is 23.4 Å². The van der Waals surface area contributed by atoms with Gasteiger partial charge in [-0.05, 0) is 29.9 Å². The van der Waals surface area contributed by atoms with Crippen molar-refractivity contribution in [1.29, 1.82) is 0 Å². The minimum atomic E-state index is -0.687. The Hall–Kier alpha value is -2.85. The molecular weight excluding hydrogens is 478 g/mol. The number of nitrogens with zero attached hydrogens (tertiary/aromatic N) is 2. The summed E-state index contributed by atoms with van der Waals surface area (Å²) in [5.74, 6) is 0.120. The third-order valence-corrected chi connectivity index (χ3v) is 6.73. The van der Waals surface area contributed by atoms with Crippen molar-refractivity contribution in [3.63, 3.8) is 0 Å². The summed E-state index contributed by atoms with van der Waals surface area (Å²) >= 11 is 1.61. The summed E-state index contributed by atoms with van der Waals surface area (Å²) in [5.41, 5.74) is 1.80. The van der Waals surface area contributed by atoms with Gasteiger partial charge >= 0.3 is 5.97 Å². The van der Waals surface area contributed by atoms with Crippen molar-refractivity contribution in [3.05, 3.63) is 54.1 Å². The van der Waals surface area contributed by atoms with Gasteiger partial charge in [0.1, 0.15) is 6.04 Å². The van der Waals surface area contributed by atoms with E-state index in [2.05, 4.69) is 34.4 Å². The third-order valence-electron chi connectivity index (χ3n) is 6.09. The minimum Gasteiger partial charge on any atom is -0.467 e. The van der Waals surface area contributed by atoms with Crippen molar-refractivity contribution < 1.29 is 19.1 Å². The van der Waals surface area contributed by atoms with Gasteiger partial charge in [-0.2, -0.15) is 11.8 Å². The first kappa shape index (κ1) is 29.4. The number of H-pyrrole nitrogens is 1. The standard InChI is InChI=1S/C26H39N5O4S/c1-5-19(2)23(30-24(32)13-21-14-27-18-28-21)16-31(15-20-9-7-6-8-10-20)17-25(33)29-22(11-12-36-4)26(34)35-3/h6-10,14,18-19,22-23H,5,11-13,15-17H2,1-4H3,(H,27,28)(H,29,33)(H,30,32)/t19-,22-,23+/m0/s1. The molecule has 2 aromatic rings. The van der Waals surface area contributed by atoms with Crippen molar-refractivity contribution in [2.45, 2.75) is 51.7 Å². The Bertz CT molecular complexity index is 926. The van der Waals surface area contributed by atoms with Gasteiger partial charge < -0.3 is 20.4 Å². The molecule has 1 aromatic heterocycles. The van der Waals surface area contributed by atoms with Gasteiger partial charge in [0.15, 0.2) is 0 Å². The zero-order valence-electron chi connectivity index (χ0n) is 21.7. The number of benzene rings is 1. The molecule has 0 aliphatic heterocycles. The zero-order chi connectivity index (χ0) is 26.3. The SMILES string of the molecule is CC[C@H](C)[C@@H](CN(CC(=O)N[C@@H](CCSC)C(=O)OC)Cc1ccccc1)NC(=O)Cc1cnc[nH]1. The van der Waals surface area contributed by atoms with E-state index in [9.17, 15) is 14.4 Å². The van der Waals surface area contributed by atoms with Crippen LogP contribution in [0.2, 0.25) is 0 Å². The maximum absolute atomic E-state index is 13.0. The van der Waals surface area contributed by atoms with Gasteiger partial charge in [0, 0.05) is 31.0 Å². The number of rotatable bonds is 16. The highest BCUT2D eigenvalue weighted by Gasteiger charge is 2.26. The van der Waals surface area contributed by atoms with Crippen LogP contribution >= 0.6 is 11.8 Å². The summed E-state index contributed by atoms with van der Waals surface area (Å²) in [6.45, 7) is 5.29. The van der Waals surface area contributed by atoms with Crippen LogP contribution in [0.3, 0.4) is 0 Å². The summed E-state index contributed by atoms with van der Waals surface area (Å²) < 4.78 is 4.88. The molecule has 3 N–H and O–H groups in total. The number of thioether (sulfide) groups is 1. The number of esters is 1. The number of nitrogens with one attached hydrogen (secondary N) is 3. The largest absolute Gasteiger partial charge is 0.467 e. The first-order chi connectivity index (χ1) is 17.4. The Morgan fingerprint density at radius 1 is 1.17 bits per heavy atom. The van der Waals surface area contributed by atoms with Crippen molar-refractivity contribution in [2.75, 3.05) is 32.2 Å². The smallest absolute Gasteiger partial charge is 0.328 e. The van der Waals surface area contributed by atoms with E-state index in [4.69, 9.17) is 4.74 Å². The van der Waals surface area contributed by atoms with Crippen LogP contribution in [-0.2, 0) is 32.1 Å². The highest BCUT2D eigenvalue weighted by atomic mass is 32.2. The van der Waals surface area contributed by atoms with E-state index in [1.54, 1.807) is 24.3 Å². The highest BCUT2D eigenvalue weighted by molar-refractivity contribution is 7.98. The van der Waals surface area contributed by atoms with Crippen molar-refractivity contribution in [1.82, 2.24) is 25.5 Å². The van der Waals surface area contributed by atoms with Crippen molar-refractivity contribution >= 4 is 29.5 Å². The van der Waals surface area contributed by atoms with Crippen LogP contribution in [0.15, 0.2) is 42.9 Å². The van der Waals surface area contributed by atoms with Crippen molar-refractivity contribution in [2.24, 2.45) is 5.92 Å². The number of carbonyl (C=O) groups is 3. The molecule has 9 nitrogen and oxygen atoms in total. The lowest BCUT2D eigenvalue weighted by Gasteiger charge is -2.31. The molecule has 0 fully saturated rings. The predicted molar refractivity (Wildman–Crippen MR) is 142 cm³/mol. The van der Waals surface area contributed by atoms with Gasteiger partial charge in [0.25, 0.3) is 0 Å². The summed E-state index contributed by atoms with van der Waals surface area (Å²) in [5, 5.41) is 5.99. The van der Waals surface area contributed by atoms with E-state index >= 15 is 0 Å². The molecule has 0 saturated heterocycles. The second kappa shape index (κ2) is 16.0. The van der Waals surface area contributed by atoms with Crippen LogP contribution in [0, 0.1) is 5.92 Å². The lowest BCUT2D eigenvalue weighted by molar-refractivity contribution is -0.145. The Morgan fingerprint density at radius 2 is 1.92 bits per heavy atom. The van der Waals surface area contributed by atoms with Crippen LogP contribution in [0.25, 0.3) is 0 Å². The van der Waals surface area contributed by atoms with E-state index in [1.807, 2.05) is 41.5 Å². The molecule has 0 bridgehead atoms. The average molecular weight is 518 g/mol. The van der Waals surface area contributed by atoms with Crippen LogP contribution in [0.5, 0.6) is 0 Å². The third kappa shape index (κ3) is 10.4. The molecule has 0 aliphatic rings. The fraction of sp³-hybridized carbons (Fsp3) is 0.538. The zero-order valence-corrected chi connectivity index (χ0v) is 22.5. The van der Waals surface area contributed by atoms with Crippen LogP contribution < -0.4 is 10.6 Å². The average Bonchev–Trinajstić information content (AvgIpc) is 3.38. The fourth-order valence-electron chi connectivity index (χ4n) is 3.84. The summed E-state index contributed by atoms with van der Waals surface area (Å²) in [6.07, 6.45) is 6.72. The lowest BCUT2D eigenvalue weighted by atomic mass is 9.98. The number of imidazole rings is 1. The number of carbonyl (C=O) groups excluding carboxylic acids is 3. The van der Waals surface area contributed by atoms with Crippen LogP contribution in [-0.4, -0.2) is 76.9 Å². The quantitative estimate of drug-likeness (QED) is 0.293. The molecule has 198 valence electrons. The Kier molecular flexibility index (Phi) is 13.1. The fourth-order valence-corrected chi connectivity index (χ4v) is 4.31. The number of aromatic nitrogens is 2. The topological polar surface area (TPSA) is 116 Å². The summed E-state index contributed by atoms with van der Waals surface area (Å²) in [6, 6.07) is 9.04. The molecule has 3 atom stereocenters. The van der Waals surface area contributed by atoms with E-state index in [-0.39, 0.29) is 36.7 Å². The molecule has 0 spiro atoms. The normalized spacial score (nSPS) is 13.6. The van der Waals surface area contributed by atoms with E-state index in [0.29, 0.717) is 19.5 Å². The van der Waals surface area contributed by atoms with Crippen LogP contribution in [0.4, 0.5) is 0 Å². The molecule has 2 rings (SSSR count). The first-order valence-corrected chi connectivity index (χ1v) is 13.6. The molecule has 10 heteroatoms. The second-order valence-electron chi connectivity index (χ2n) is 8.89. The van der Waals surface area contributed by atoms with Crippen molar-refractivity contribution in [3.8, 4) is 0 Å². The molecule has 0 radical (unpaired) electrons. The minimum absolute atomic E-state index is 0.0883. The molecular formula is C26H39N5O4S. The van der Waals surface area contributed by atoms with Gasteiger partial charge in [-0.1, -0.05) is 50.6 Å². The van der Waals surface area contributed by atoms with Gasteiger partial charge in [-0.15, -0.1) is 0 Å². The Morgan fingerprint density at radius 3 is 2.53 bits per heavy atom. The molecule has 0 saturated carbocycles. The van der Waals surface area contributed by atoms with Crippen LogP contribution in [0.1, 0.15) is 37.9 Å². The molecule has 1 heterocycles. The Labute approximate surface area is 218 Å². The molecule has 2 amide bonds. The predicted octanol–water partition coefficient (Wildman–Crippen LogP) is 2.40. The summed E-state index contributed by atoms with van der Waals surface area (Å²) in [7, 11) is 1.32. The number of hydrogen-bond acceptors (Lipinski definition) is 7. The number of amides is 2. The molecule has 0 aliphatic carbocycles. The number of ether oxygens (including phenoxy) is 1. The number of hydrogen-bond donors (Lipinski definition) is 3.